The Balaban J connectivity index is 1.43. The molecule has 0 unspecified atom stereocenters. The molecular formula is C18H12ClFN4O3. The summed E-state index contributed by atoms with van der Waals surface area (Å²) in [6.45, 7) is 0.196. The molecule has 0 spiro atoms. The van der Waals surface area contributed by atoms with E-state index in [0.29, 0.717) is 23.0 Å². The van der Waals surface area contributed by atoms with Gasteiger partial charge < -0.3 is 20.1 Å². The van der Waals surface area contributed by atoms with Gasteiger partial charge in [-0.15, -0.1) is 0 Å². The van der Waals surface area contributed by atoms with Crippen LogP contribution in [0.15, 0.2) is 48.8 Å². The maximum atomic E-state index is 13.2. The largest absolute Gasteiger partial charge is 0.454 e. The van der Waals surface area contributed by atoms with Crippen LogP contribution in [0.1, 0.15) is 10.5 Å². The lowest BCUT2D eigenvalue weighted by molar-refractivity contribution is 0.102. The zero-order valence-corrected chi connectivity index (χ0v) is 14.5. The van der Waals surface area contributed by atoms with Crippen LogP contribution in [0.2, 0.25) is 5.02 Å². The summed E-state index contributed by atoms with van der Waals surface area (Å²) in [7, 11) is 0. The van der Waals surface area contributed by atoms with Gasteiger partial charge in [0.1, 0.15) is 17.3 Å². The van der Waals surface area contributed by atoms with Crippen LogP contribution in [0.5, 0.6) is 11.5 Å². The molecule has 3 aromatic rings. The minimum absolute atomic E-state index is 0.0813. The van der Waals surface area contributed by atoms with Crippen molar-refractivity contribution in [3.8, 4) is 11.5 Å². The van der Waals surface area contributed by atoms with Crippen LogP contribution in [-0.2, 0) is 0 Å². The van der Waals surface area contributed by atoms with Gasteiger partial charge in [0.2, 0.25) is 6.79 Å². The Morgan fingerprint density at radius 1 is 1.04 bits per heavy atom. The van der Waals surface area contributed by atoms with Crippen molar-refractivity contribution in [1.82, 2.24) is 9.97 Å². The lowest BCUT2D eigenvalue weighted by atomic mass is 10.3. The first-order valence-corrected chi connectivity index (χ1v) is 8.21. The molecule has 136 valence electrons. The van der Waals surface area contributed by atoms with Gasteiger partial charge in [-0.25, -0.2) is 14.4 Å². The molecule has 2 heterocycles. The Morgan fingerprint density at radius 3 is 2.63 bits per heavy atom. The van der Waals surface area contributed by atoms with E-state index in [2.05, 4.69) is 20.6 Å². The predicted molar refractivity (Wildman–Crippen MR) is 97.2 cm³/mol. The van der Waals surface area contributed by atoms with E-state index in [9.17, 15) is 9.18 Å². The fraction of sp³-hybridized carbons (Fsp3) is 0.0556. The zero-order chi connectivity index (χ0) is 18.8. The summed E-state index contributed by atoms with van der Waals surface area (Å²) >= 11 is 5.70. The molecule has 9 heteroatoms. The highest BCUT2D eigenvalue weighted by atomic mass is 35.5. The molecule has 0 saturated carbocycles. The van der Waals surface area contributed by atoms with Crippen LogP contribution >= 0.6 is 11.6 Å². The number of nitrogens with one attached hydrogen (secondary N) is 2. The molecule has 0 bridgehead atoms. The number of carbonyl (C=O) groups excluding carboxylic acids is 1. The summed E-state index contributed by atoms with van der Waals surface area (Å²) in [5, 5.41) is 5.56. The molecule has 4 rings (SSSR count). The molecule has 0 atom stereocenters. The molecule has 1 amide bonds. The Bertz CT molecular complexity index is 1010. The van der Waals surface area contributed by atoms with Crippen LogP contribution in [-0.4, -0.2) is 22.7 Å². The van der Waals surface area contributed by atoms with E-state index >= 15 is 0 Å². The fourth-order valence-electron chi connectivity index (χ4n) is 2.40. The van der Waals surface area contributed by atoms with Gasteiger partial charge in [0.05, 0.1) is 17.4 Å². The summed E-state index contributed by atoms with van der Waals surface area (Å²) in [5.74, 6) is 0.727. The average molecular weight is 387 g/mol. The van der Waals surface area contributed by atoms with E-state index in [1.54, 1.807) is 12.1 Å². The normalized spacial score (nSPS) is 11.9. The highest BCUT2D eigenvalue weighted by Gasteiger charge is 2.14. The molecule has 0 radical (unpaired) electrons. The van der Waals surface area contributed by atoms with Crippen molar-refractivity contribution in [3.63, 3.8) is 0 Å². The van der Waals surface area contributed by atoms with E-state index < -0.39 is 11.7 Å². The van der Waals surface area contributed by atoms with Crippen LogP contribution < -0.4 is 20.1 Å². The van der Waals surface area contributed by atoms with E-state index in [1.165, 1.54) is 30.6 Å². The van der Waals surface area contributed by atoms with Gasteiger partial charge >= 0.3 is 0 Å². The summed E-state index contributed by atoms with van der Waals surface area (Å²) in [4.78, 5) is 20.5. The third-order valence-electron chi connectivity index (χ3n) is 3.71. The zero-order valence-electron chi connectivity index (χ0n) is 13.7. The van der Waals surface area contributed by atoms with Crippen LogP contribution in [0.3, 0.4) is 0 Å². The number of benzene rings is 2. The topological polar surface area (TPSA) is 85.4 Å². The van der Waals surface area contributed by atoms with Crippen molar-refractivity contribution in [1.29, 1.82) is 0 Å². The minimum Gasteiger partial charge on any atom is -0.454 e. The molecule has 0 saturated heterocycles. The van der Waals surface area contributed by atoms with Gasteiger partial charge in [-0.1, -0.05) is 11.6 Å². The SMILES string of the molecule is O=C(Nc1ccc(F)c(Cl)c1)c1cnc(Nc2ccc3c(c2)OCO3)cn1. The molecular weight excluding hydrogens is 375 g/mol. The van der Waals surface area contributed by atoms with Crippen LogP contribution in [0.4, 0.5) is 21.6 Å². The quantitative estimate of drug-likeness (QED) is 0.705. The van der Waals surface area contributed by atoms with Crippen LogP contribution in [0.25, 0.3) is 0 Å². The summed E-state index contributed by atoms with van der Waals surface area (Å²) < 4.78 is 23.7. The number of amides is 1. The van der Waals surface area contributed by atoms with E-state index in [-0.39, 0.29) is 17.5 Å². The summed E-state index contributed by atoms with van der Waals surface area (Å²) in [5.41, 5.74) is 1.20. The minimum atomic E-state index is -0.562. The van der Waals surface area contributed by atoms with Crippen molar-refractivity contribution < 1.29 is 18.7 Å². The molecule has 2 N–H and O–H groups in total. The maximum Gasteiger partial charge on any atom is 0.275 e. The first-order chi connectivity index (χ1) is 13.1. The Kier molecular flexibility index (Phi) is 4.47. The third-order valence-corrected chi connectivity index (χ3v) is 4.00. The first-order valence-electron chi connectivity index (χ1n) is 7.83. The second kappa shape index (κ2) is 7.08. The molecule has 1 aliphatic rings. The van der Waals surface area contributed by atoms with E-state index in [0.717, 1.165) is 5.69 Å². The lowest BCUT2D eigenvalue weighted by Crippen LogP contribution is -2.14. The Labute approximate surface area is 158 Å². The maximum absolute atomic E-state index is 13.2. The number of rotatable bonds is 4. The molecule has 27 heavy (non-hydrogen) atoms. The van der Waals surface area contributed by atoms with Crippen molar-refractivity contribution in [2.45, 2.75) is 0 Å². The van der Waals surface area contributed by atoms with Gasteiger partial charge in [-0.05, 0) is 30.3 Å². The van der Waals surface area contributed by atoms with Crippen molar-refractivity contribution in [2.24, 2.45) is 0 Å². The Morgan fingerprint density at radius 2 is 1.85 bits per heavy atom. The summed E-state index contributed by atoms with van der Waals surface area (Å²) in [6, 6.07) is 9.27. The molecule has 0 fully saturated rings. The van der Waals surface area contributed by atoms with Gasteiger partial charge in [-0.2, -0.15) is 0 Å². The van der Waals surface area contributed by atoms with Crippen molar-refractivity contribution >= 4 is 34.7 Å². The molecule has 2 aromatic carbocycles. The van der Waals surface area contributed by atoms with Gasteiger partial charge in [-0.3, -0.25) is 4.79 Å². The highest BCUT2D eigenvalue weighted by molar-refractivity contribution is 6.31. The second-order valence-corrected chi connectivity index (χ2v) is 5.97. The van der Waals surface area contributed by atoms with Gasteiger partial charge in [0.15, 0.2) is 11.5 Å². The van der Waals surface area contributed by atoms with Gasteiger partial charge in [0.25, 0.3) is 5.91 Å². The molecule has 1 aromatic heterocycles. The number of hydrogen-bond acceptors (Lipinski definition) is 6. The number of hydrogen-bond donors (Lipinski definition) is 2. The number of carbonyl (C=O) groups is 1. The fourth-order valence-corrected chi connectivity index (χ4v) is 2.58. The Hall–Kier alpha value is -3.39. The van der Waals surface area contributed by atoms with Gasteiger partial charge in [0, 0.05) is 17.4 Å². The lowest BCUT2D eigenvalue weighted by Gasteiger charge is -2.08. The molecule has 0 aliphatic carbocycles. The molecule has 1 aliphatic heterocycles. The highest BCUT2D eigenvalue weighted by Crippen LogP contribution is 2.34. The first kappa shape index (κ1) is 17.0. The third kappa shape index (κ3) is 3.75. The number of aromatic nitrogens is 2. The number of anilines is 3. The predicted octanol–water partition coefficient (Wildman–Crippen LogP) is 3.99. The van der Waals surface area contributed by atoms with Crippen molar-refractivity contribution in [3.05, 3.63) is 65.3 Å². The number of ether oxygens (including phenoxy) is 2. The number of halogens is 2. The average Bonchev–Trinajstić information content (AvgIpc) is 3.13. The second-order valence-electron chi connectivity index (χ2n) is 5.56. The van der Waals surface area contributed by atoms with E-state index in [4.69, 9.17) is 21.1 Å². The standard InChI is InChI=1S/C18H12ClFN4O3/c19-12-5-10(1-3-13(12)20)24-18(25)14-7-22-17(8-21-14)23-11-2-4-15-16(6-11)27-9-26-15/h1-8H,9H2,(H,22,23)(H,24,25). The smallest absolute Gasteiger partial charge is 0.275 e. The molecule has 7 nitrogen and oxygen atoms in total. The summed E-state index contributed by atoms with van der Waals surface area (Å²) in [6.07, 6.45) is 2.76. The van der Waals surface area contributed by atoms with E-state index in [1.807, 2.05) is 6.07 Å². The number of nitrogens with zero attached hydrogens (tertiary/aromatic N) is 2. The number of fused-ring (bicyclic) bond motifs is 1. The monoisotopic (exact) mass is 386 g/mol. The van der Waals surface area contributed by atoms with Crippen molar-refractivity contribution in [2.75, 3.05) is 17.4 Å². The van der Waals surface area contributed by atoms with Crippen LogP contribution in [0, 0.1) is 5.82 Å².